The average molecular weight is 251 g/mol. The van der Waals surface area contributed by atoms with Gasteiger partial charge >= 0.3 is 10.2 Å². The maximum Gasteiger partial charge on any atom is 0.310 e. The van der Waals surface area contributed by atoms with Crippen LogP contribution in [0.1, 0.15) is 0 Å². The molecule has 0 spiro atoms. The first-order chi connectivity index (χ1) is 6.03. The molecule has 0 saturated carbocycles. The van der Waals surface area contributed by atoms with E-state index in [-0.39, 0.29) is 5.69 Å². The zero-order valence-electron chi connectivity index (χ0n) is 6.55. The van der Waals surface area contributed by atoms with Gasteiger partial charge in [-0.1, -0.05) is 38.3 Å². The fraction of sp³-hybridized carbons (Fsp3) is 0. The Hall–Kier alpha value is -0.630. The molecule has 0 aliphatic carbocycles. The van der Waals surface area contributed by atoms with Crippen LogP contribution in [0.5, 0.6) is 0 Å². The molecule has 1 nitrogen and oxygen atoms in total. The molecule has 0 saturated heterocycles. The van der Waals surface area contributed by atoms with E-state index in [0.717, 1.165) is 6.07 Å². The Balaban J connectivity index is 3.35. The van der Waals surface area contributed by atoms with E-state index < -0.39 is 15.1 Å². The summed E-state index contributed by atoms with van der Waals surface area (Å²) in [7, 11) is -9.55. The first-order valence-electron chi connectivity index (χ1n) is 3.27. The van der Waals surface area contributed by atoms with Crippen LogP contribution in [-0.2, 0) is 0 Å². The second-order valence-corrected chi connectivity index (χ2v) is 5.24. The first kappa shape index (κ1) is 11.4. The molecule has 0 aromatic heterocycles. The summed E-state index contributed by atoms with van der Waals surface area (Å²) in [5, 5.41) is 0. The van der Waals surface area contributed by atoms with Crippen LogP contribution < -0.4 is 4.72 Å². The highest BCUT2D eigenvalue weighted by atomic mass is 32.5. The number of nitrogens with one attached hydrogen (secondary N) is 1. The molecule has 1 aromatic carbocycles. The lowest BCUT2D eigenvalue weighted by Gasteiger charge is -2.40. The smallest absolute Gasteiger partial charge is 0.310 e. The third-order valence-corrected chi connectivity index (χ3v) is 2.81. The molecule has 0 unspecified atom stereocenters. The highest BCUT2D eigenvalue weighted by Crippen LogP contribution is 3.02. The number of halogens is 5. The minimum Gasteiger partial charge on any atom is -0.332 e. The van der Waals surface area contributed by atoms with Crippen LogP contribution in [0, 0.1) is 0 Å². The summed E-state index contributed by atoms with van der Waals surface area (Å²) in [6, 6.07) is 2.72. The maximum atomic E-state index is 12.2. The number of hydrogen-bond acceptors (Lipinski definition) is 2. The molecule has 14 heavy (non-hydrogen) atoms. The molecular formula is C6H6F5NS2. The van der Waals surface area contributed by atoms with Crippen molar-refractivity contribution in [3.05, 3.63) is 24.3 Å². The molecule has 0 bridgehead atoms. The first-order valence-corrected chi connectivity index (χ1v) is 5.67. The average Bonchev–Trinajstić information content (AvgIpc) is 2.01. The zero-order chi connectivity index (χ0) is 11.1. The Bertz CT molecular complexity index is 359. The predicted octanol–water partition coefficient (Wildman–Crippen LogP) is 4.60. The van der Waals surface area contributed by atoms with Crippen molar-refractivity contribution in [2.45, 2.75) is 4.90 Å². The van der Waals surface area contributed by atoms with E-state index in [1.54, 1.807) is 0 Å². The normalized spacial score (nSPS) is 17.0. The van der Waals surface area contributed by atoms with Crippen molar-refractivity contribution >= 4 is 28.7 Å². The van der Waals surface area contributed by atoms with Gasteiger partial charge in [-0.15, -0.1) is 0 Å². The summed E-state index contributed by atoms with van der Waals surface area (Å²) >= 11 is 3.46. The fourth-order valence-corrected chi connectivity index (χ4v) is 1.63. The monoisotopic (exact) mass is 251 g/mol. The summed E-state index contributed by atoms with van der Waals surface area (Å²) in [6.07, 6.45) is 0. The lowest BCUT2D eigenvalue weighted by atomic mass is 10.3. The van der Waals surface area contributed by atoms with Gasteiger partial charge in [0.15, 0.2) is 0 Å². The van der Waals surface area contributed by atoms with Gasteiger partial charge < -0.3 is 4.72 Å². The van der Waals surface area contributed by atoms with Crippen molar-refractivity contribution in [3.8, 4) is 0 Å². The van der Waals surface area contributed by atoms with Crippen molar-refractivity contribution in [2.75, 3.05) is 4.72 Å². The van der Waals surface area contributed by atoms with E-state index in [0.29, 0.717) is 12.1 Å². The molecule has 1 aromatic rings. The standard InChI is InChI=1S/C6H6F5NS2/c7-14(8,9,10,11)6-3-1-2-5(4-6)12-13/h1-4,12-13H. The SMILES string of the molecule is FS(F)(F)(F)(F)c1cccc(NS)c1. The number of anilines is 1. The van der Waals surface area contributed by atoms with E-state index >= 15 is 0 Å². The van der Waals surface area contributed by atoms with Gasteiger partial charge in [0.2, 0.25) is 0 Å². The molecule has 1 rings (SSSR count). The van der Waals surface area contributed by atoms with Gasteiger partial charge in [-0.3, -0.25) is 0 Å². The number of benzene rings is 1. The topological polar surface area (TPSA) is 12.0 Å². The molecule has 0 radical (unpaired) electrons. The van der Waals surface area contributed by atoms with E-state index in [1.165, 1.54) is 6.07 Å². The summed E-state index contributed by atoms with van der Waals surface area (Å²) in [5.41, 5.74) is -0.140. The van der Waals surface area contributed by atoms with Crippen LogP contribution in [0.15, 0.2) is 29.2 Å². The van der Waals surface area contributed by atoms with Crippen LogP contribution >= 0.6 is 23.0 Å². The second-order valence-electron chi connectivity index (χ2n) is 2.61. The molecule has 0 amide bonds. The largest absolute Gasteiger partial charge is 0.332 e. The van der Waals surface area contributed by atoms with Crippen molar-refractivity contribution in [3.63, 3.8) is 0 Å². The van der Waals surface area contributed by atoms with Gasteiger partial charge in [0, 0.05) is 5.69 Å². The third kappa shape index (κ3) is 2.68. The lowest BCUT2D eigenvalue weighted by Crippen LogP contribution is -2.05. The Morgan fingerprint density at radius 1 is 1.07 bits per heavy atom. The molecule has 82 valence electrons. The molecular weight excluding hydrogens is 245 g/mol. The molecule has 0 heterocycles. The Labute approximate surface area is 82.6 Å². The Morgan fingerprint density at radius 3 is 2.07 bits per heavy atom. The second kappa shape index (κ2) is 2.48. The number of hydrogen-bond donors (Lipinski definition) is 2. The third-order valence-electron chi connectivity index (χ3n) is 1.41. The zero-order valence-corrected chi connectivity index (χ0v) is 8.27. The Morgan fingerprint density at radius 2 is 1.64 bits per heavy atom. The van der Waals surface area contributed by atoms with Crippen LogP contribution in [0.2, 0.25) is 0 Å². The molecule has 0 fully saturated rings. The van der Waals surface area contributed by atoms with E-state index in [9.17, 15) is 19.4 Å². The maximum absolute atomic E-state index is 12.2. The van der Waals surface area contributed by atoms with Crippen LogP contribution in [0.25, 0.3) is 0 Å². The van der Waals surface area contributed by atoms with Crippen molar-refractivity contribution < 1.29 is 19.4 Å². The van der Waals surface area contributed by atoms with E-state index in [4.69, 9.17) is 0 Å². The van der Waals surface area contributed by atoms with Crippen molar-refractivity contribution in [1.29, 1.82) is 0 Å². The van der Waals surface area contributed by atoms with Gasteiger partial charge in [-0.25, -0.2) is 0 Å². The van der Waals surface area contributed by atoms with Crippen molar-refractivity contribution in [1.82, 2.24) is 0 Å². The molecule has 0 atom stereocenters. The Kier molecular flexibility index (Phi) is 2.03. The summed E-state index contributed by atoms with van der Waals surface area (Å²) < 4.78 is 63.1. The molecule has 8 heteroatoms. The van der Waals surface area contributed by atoms with E-state index in [2.05, 4.69) is 17.5 Å². The minimum absolute atomic E-state index is 0.140. The minimum atomic E-state index is -9.55. The van der Waals surface area contributed by atoms with Crippen molar-refractivity contribution in [2.24, 2.45) is 0 Å². The molecule has 0 aliphatic heterocycles. The van der Waals surface area contributed by atoms with Crippen LogP contribution in [-0.4, -0.2) is 0 Å². The fourth-order valence-electron chi connectivity index (χ4n) is 0.806. The van der Waals surface area contributed by atoms with Gasteiger partial charge in [-0.05, 0) is 18.2 Å². The van der Waals surface area contributed by atoms with Gasteiger partial charge in [0.25, 0.3) is 0 Å². The quantitative estimate of drug-likeness (QED) is 0.578. The number of thiol groups is 1. The number of rotatable bonds is 2. The van der Waals surface area contributed by atoms with E-state index in [1.807, 2.05) is 0 Å². The summed E-state index contributed by atoms with van der Waals surface area (Å²) in [5.74, 6) is 0. The van der Waals surface area contributed by atoms with Crippen LogP contribution in [0.3, 0.4) is 0 Å². The predicted molar refractivity (Wildman–Crippen MR) is 50.4 cm³/mol. The molecule has 0 aliphatic rings. The van der Waals surface area contributed by atoms with Gasteiger partial charge in [0.05, 0.1) is 0 Å². The highest BCUT2D eigenvalue weighted by Gasteiger charge is 2.65. The van der Waals surface area contributed by atoms with Gasteiger partial charge in [-0.2, -0.15) is 0 Å². The highest BCUT2D eigenvalue weighted by molar-refractivity contribution is 8.45. The molecule has 1 N–H and O–H groups in total. The summed E-state index contributed by atoms with van der Waals surface area (Å²) in [4.78, 5) is -1.93. The van der Waals surface area contributed by atoms with Gasteiger partial charge in [0.1, 0.15) is 4.90 Å². The summed E-state index contributed by atoms with van der Waals surface area (Å²) in [6.45, 7) is 0. The lowest BCUT2D eigenvalue weighted by molar-refractivity contribution is 0.364. The van der Waals surface area contributed by atoms with Crippen LogP contribution in [0.4, 0.5) is 25.1 Å².